The second kappa shape index (κ2) is 7.64. The molecule has 2 aromatic rings. The van der Waals surface area contributed by atoms with Crippen molar-refractivity contribution in [2.45, 2.75) is 6.92 Å². The number of anilines is 2. The van der Waals surface area contributed by atoms with E-state index in [9.17, 15) is 9.18 Å². The molecule has 0 radical (unpaired) electrons. The Morgan fingerprint density at radius 1 is 1.17 bits per heavy atom. The molecule has 1 aromatic heterocycles. The normalized spacial score (nSPS) is 11.9. The Bertz CT molecular complexity index is 747. The van der Waals surface area contributed by atoms with E-state index in [0.717, 1.165) is 0 Å². The maximum atomic E-state index is 13.0. The summed E-state index contributed by atoms with van der Waals surface area (Å²) in [5.74, 6) is -1.14. The highest BCUT2D eigenvalue weighted by Crippen LogP contribution is 2.06. The molecule has 23 heavy (non-hydrogen) atoms. The second-order valence-corrected chi connectivity index (χ2v) is 4.42. The second-order valence-electron chi connectivity index (χ2n) is 4.42. The van der Waals surface area contributed by atoms with Crippen LogP contribution in [0.25, 0.3) is 0 Å². The number of hydrazone groups is 1. The van der Waals surface area contributed by atoms with Gasteiger partial charge in [0.2, 0.25) is 5.95 Å². The number of rotatable bonds is 5. The van der Waals surface area contributed by atoms with Gasteiger partial charge in [-0.3, -0.25) is 10.2 Å². The number of carbonyl (C=O) groups excluding carboxylic acids is 1. The van der Waals surface area contributed by atoms with Gasteiger partial charge in [0.25, 0.3) is 5.91 Å². The predicted octanol–water partition coefficient (Wildman–Crippen LogP) is 2.48. The molecule has 0 unspecified atom stereocenters. The van der Waals surface area contributed by atoms with Gasteiger partial charge in [-0.2, -0.15) is 9.49 Å². The molecule has 1 aromatic carbocycles. The molecule has 0 aliphatic carbocycles. The van der Waals surface area contributed by atoms with E-state index in [1.165, 1.54) is 25.1 Å². The number of benzene rings is 1. The summed E-state index contributed by atoms with van der Waals surface area (Å²) in [7, 11) is 0. The highest BCUT2D eigenvalue weighted by Gasteiger charge is 2.16. The largest absolute Gasteiger partial charge is 0.410 e. The van der Waals surface area contributed by atoms with Crippen molar-refractivity contribution >= 4 is 28.8 Å². The third-order valence-electron chi connectivity index (χ3n) is 2.74. The summed E-state index contributed by atoms with van der Waals surface area (Å²) in [6.45, 7) is 1.46. The van der Waals surface area contributed by atoms with E-state index in [4.69, 9.17) is 5.21 Å². The number of carbonyl (C=O) groups is 1. The molecular formula is C15H14FN5O2. The Hall–Kier alpha value is -3.29. The highest BCUT2D eigenvalue weighted by atomic mass is 19.1. The number of para-hydroxylation sites is 1. The summed E-state index contributed by atoms with van der Waals surface area (Å²) >= 11 is 0. The van der Waals surface area contributed by atoms with Crippen LogP contribution in [0.3, 0.4) is 0 Å². The fraction of sp³-hybridized carbons (Fsp3) is 0.0667. The van der Waals surface area contributed by atoms with Crippen molar-refractivity contribution in [2.24, 2.45) is 10.3 Å². The fourth-order valence-electron chi connectivity index (χ4n) is 1.66. The van der Waals surface area contributed by atoms with Crippen molar-refractivity contribution in [3.8, 4) is 0 Å². The first-order valence-electron chi connectivity index (χ1n) is 6.62. The van der Waals surface area contributed by atoms with Crippen LogP contribution in [0.5, 0.6) is 0 Å². The van der Waals surface area contributed by atoms with Gasteiger partial charge >= 0.3 is 0 Å². The molecule has 1 amide bonds. The molecule has 118 valence electrons. The zero-order chi connectivity index (χ0) is 16.7. The minimum absolute atomic E-state index is 0.104. The monoisotopic (exact) mass is 315 g/mol. The lowest BCUT2D eigenvalue weighted by atomic mass is 10.2. The Morgan fingerprint density at radius 3 is 2.57 bits per heavy atom. The van der Waals surface area contributed by atoms with Gasteiger partial charge in [-0.15, -0.1) is 0 Å². The van der Waals surface area contributed by atoms with Crippen molar-refractivity contribution in [1.29, 1.82) is 0 Å². The molecule has 0 saturated heterocycles. The first-order valence-corrected chi connectivity index (χ1v) is 6.62. The third-order valence-corrected chi connectivity index (χ3v) is 2.74. The van der Waals surface area contributed by atoms with Crippen molar-refractivity contribution < 1.29 is 14.4 Å². The van der Waals surface area contributed by atoms with Crippen molar-refractivity contribution in [2.75, 3.05) is 10.7 Å². The first kappa shape index (κ1) is 16.1. The van der Waals surface area contributed by atoms with E-state index in [-0.39, 0.29) is 17.2 Å². The van der Waals surface area contributed by atoms with Gasteiger partial charge in [-0.25, -0.2) is 4.98 Å². The number of amides is 1. The lowest BCUT2D eigenvalue weighted by Gasteiger charge is -2.07. The smallest absolute Gasteiger partial charge is 0.279 e. The Kier molecular flexibility index (Phi) is 5.35. The third kappa shape index (κ3) is 4.60. The number of pyridine rings is 1. The molecule has 0 spiro atoms. The number of nitrogens with zero attached hydrogens (tertiary/aromatic N) is 3. The van der Waals surface area contributed by atoms with E-state index in [1.807, 2.05) is 0 Å². The zero-order valence-electron chi connectivity index (χ0n) is 12.2. The number of hydrogen-bond donors (Lipinski definition) is 3. The quantitative estimate of drug-likeness (QED) is 0.341. The van der Waals surface area contributed by atoms with Gasteiger partial charge in [0.15, 0.2) is 5.71 Å². The lowest BCUT2D eigenvalue weighted by Crippen LogP contribution is -2.29. The molecule has 8 heteroatoms. The molecule has 0 aliphatic heterocycles. The molecule has 1 heterocycles. The molecule has 3 N–H and O–H groups in total. The Labute approximate surface area is 131 Å². The van der Waals surface area contributed by atoms with Crippen molar-refractivity contribution in [3.05, 3.63) is 54.5 Å². The van der Waals surface area contributed by atoms with Gasteiger partial charge in [0.1, 0.15) is 5.82 Å². The number of oxime groups is 1. The van der Waals surface area contributed by atoms with Crippen LogP contribution in [0.15, 0.2) is 58.8 Å². The van der Waals surface area contributed by atoms with Gasteiger partial charge in [-0.1, -0.05) is 29.4 Å². The molecule has 0 saturated carbocycles. The molecule has 0 bridgehead atoms. The van der Waals surface area contributed by atoms with Crippen LogP contribution in [-0.2, 0) is 4.79 Å². The van der Waals surface area contributed by atoms with Crippen LogP contribution in [-0.4, -0.2) is 27.5 Å². The summed E-state index contributed by atoms with van der Waals surface area (Å²) < 4.78 is 13.0. The molecule has 0 atom stereocenters. The van der Waals surface area contributed by atoms with E-state index >= 15 is 0 Å². The summed E-state index contributed by atoms with van der Waals surface area (Å²) in [6, 6.07) is 12.8. The maximum absolute atomic E-state index is 13.0. The number of nitrogens with one attached hydrogen (secondary N) is 2. The topological polar surface area (TPSA) is 99.0 Å². The summed E-state index contributed by atoms with van der Waals surface area (Å²) in [5.41, 5.74) is 2.85. The van der Waals surface area contributed by atoms with Gasteiger partial charge in [0.05, 0.1) is 5.71 Å². The summed E-state index contributed by atoms with van der Waals surface area (Å²) in [4.78, 5) is 15.6. The molecule has 0 aliphatic rings. The molecule has 2 rings (SSSR count). The first-order chi connectivity index (χ1) is 11.1. The van der Waals surface area contributed by atoms with Crippen LogP contribution in [0.4, 0.5) is 15.9 Å². The Balaban J connectivity index is 2.07. The maximum Gasteiger partial charge on any atom is 0.279 e. The van der Waals surface area contributed by atoms with E-state index < -0.39 is 11.9 Å². The number of halogens is 1. The molecule has 7 nitrogen and oxygen atoms in total. The van der Waals surface area contributed by atoms with Crippen molar-refractivity contribution in [3.63, 3.8) is 0 Å². The van der Waals surface area contributed by atoms with Crippen LogP contribution >= 0.6 is 0 Å². The minimum Gasteiger partial charge on any atom is -0.410 e. The number of aromatic nitrogens is 1. The SMILES string of the molecule is CC(=N/Nc1cccc(F)n1)/C(=N\O)C(=O)Nc1ccccc1. The van der Waals surface area contributed by atoms with Crippen LogP contribution in [0, 0.1) is 5.95 Å². The predicted molar refractivity (Wildman–Crippen MR) is 85.2 cm³/mol. The van der Waals surface area contributed by atoms with Gasteiger partial charge in [-0.05, 0) is 31.2 Å². The van der Waals surface area contributed by atoms with E-state index in [1.54, 1.807) is 30.3 Å². The molecular weight excluding hydrogens is 301 g/mol. The number of hydrogen-bond acceptors (Lipinski definition) is 6. The van der Waals surface area contributed by atoms with Gasteiger partial charge < -0.3 is 10.5 Å². The van der Waals surface area contributed by atoms with Crippen LogP contribution in [0.1, 0.15) is 6.92 Å². The van der Waals surface area contributed by atoms with Gasteiger partial charge in [0, 0.05) is 5.69 Å². The van der Waals surface area contributed by atoms with E-state index in [2.05, 4.69) is 26.0 Å². The average molecular weight is 315 g/mol. The Morgan fingerprint density at radius 2 is 1.91 bits per heavy atom. The van der Waals surface area contributed by atoms with Crippen LogP contribution in [0.2, 0.25) is 0 Å². The standard InChI is InChI=1S/C15H14FN5O2/c1-10(19-20-13-9-5-8-12(16)18-13)14(21-23)15(22)17-11-6-3-2-4-7-11/h2-9,23H,1H3,(H,17,22)(H,18,20)/b19-10-,21-14+. The summed E-state index contributed by atoms with van der Waals surface area (Å²) in [6.07, 6.45) is 0. The lowest BCUT2D eigenvalue weighted by molar-refractivity contribution is -0.110. The summed E-state index contributed by atoms with van der Waals surface area (Å²) in [5, 5.41) is 18.4. The van der Waals surface area contributed by atoms with E-state index in [0.29, 0.717) is 5.69 Å². The zero-order valence-corrected chi connectivity index (χ0v) is 12.2. The average Bonchev–Trinajstić information content (AvgIpc) is 2.54. The fourth-order valence-corrected chi connectivity index (χ4v) is 1.66. The minimum atomic E-state index is -0.666. The highest BCUT2D eigenvalue weighted by molar-refractivity contribution is 6.68. The molecule has 0 fully saturated rings. The van der Waals surface area contributed by atoms with Crippen LogP contribution < -0.4 is 10.7 Å². The van der Waals surface area contributed by atoms with Crippen molar-refractivity contribution in [1.82, 2.24) is 4.98 Å².